The van der Waals surface area contributed by atoms with E-state index >= 15 is 0 Å². The average molecular weight is 390 g/mol. The van der Waals surface area contributed by atoms with Crippen LogP contribution in [0.4, 0.5) is 17.2 Å². The molecule has 142 valence electrons. The van der Waals surface area contributed by atoms with Gasteiger partial charge in [0.15, 0.2) is 0 Å². The molecule has 0 spiro atoms. The highest BCUT2D eigenvalue weighted by molar-refractivity contribution is 6.34. The Balaban J connectivity index is 1.57. The molecule has 0 bridgehead atoms. The lowest BCUT2D eigenvalue weighted by Crippen LogP contribution is -2.53. The van der Waals surface area contributed by atoms with Gasteiger partial charge in [0, 0.05) is 44.5 Å². The Morgan fingerprint density at radius 3 is 2.59 bits per heavy atom. The Hall–Kier alpha value is -2.71. The van der Waals surface area contributed by atoms with Gasteiger partial charge >= 0.3 is 0 Å². The third-order valence-electron chi connectivity index (χ3n) is 4.64. The number of carbonyl (C=O) groups excluding carboxylic acids is 1. The van der Waals surface area contributed by atoms with Gasteiger partial charge in [-0.1, -0.05) is 17.7 Å². The van der Waals surface area contributed by atoms with E-state index in [0.717, 1.165) is 32.0 Å². The van der Waals surface area contributed by atoms with Gasteiger partial charge in [-0.15, -0.1) is 0 Å². The number of pyridine rings is 1. The van der Waals surface area contributed by atoms with Crippen molar-refractivity contribution in [3.8, 4) is 0 Å². The van der Waals surface area contributed by atoms with Crippen molar-refractivity contribution in [3.63, 3.8) is 0 Å². The lowest BCUT2D eigenvalue weighted by Gasteiger charge is -2.37. The van der Waals surface area contributed by atoms with Crippen LogP contribution in [-0.4, -0.2) is 52.9 Å². The molecule has 1 aromatic heterocycles. The number of benzene rings is 1. The summed E-state index contributed by atoms with van der Waals surface area (Å²) in [7, 11) is 0. The van der Waals surface area contributed by atoms with Gasteiger partial charge in [-0.25, -0.2) is 4.98 Å². The first kappa shape index (κ1) is 19.1. The Morgan fingerprint density at radius 2 is 2.00 bits per heavy atom. The zero-order chi connectivity index (χ0) is 19.4. The maximum absolute atomic E-state index is 12.6. The van der Waals surface area contributed by atoms with Gasteiger partial charge in [0.2, 0.25) is 5.91 Å². The van der Waals surface area contributed by atoms with Crippen molar-refractivity contribution in [2.45, 2.75) is 13.0 Å². The maximum atomic E-state index is 12.6. The molecule has 1 aliphatic rings. The fourth-order valence-corrected chi connectivity index (χ4v) is 3.22. The summed E-state index contributed by atoms with van der Waals surface area (Å²) in [6.45, 7) is 4.88. The molecule has 0 unspecified atom stereocenters. The maximum Gasteiger partial charge on any atom is 0.271 e. The molecular weight excluding hydrogens is 370 g/mol. The summed E-state index contributed by atoms with van der Waals surface area (Å²) in [4.78, 5) is 31.4. The van der Waals surface area contributed by atoms with E-state index in [1.54, 1.807) is 6.20 Å². The van der Waals surface area contributed by atoms with E-state index in [9.17, 15) is 14.9 Å². The van der Waals surface area contributed by atoms with Crippen molar-refractivity contribution in [3.05, 3.63) is 57.7 Å². The molecule has 27 heavy (non-hydrogen) atoms. The van der Waals surface area contributed by atoms with Gasteiger partial charge in [-0.05, 0) is 25.1 Å². The van der Waals surface area contributed by atoms with E-state index in [1.807, 2.05) is 25.1 Å². The number of piperazine rings is 1. The highest BCUT2D eigenvalue weighted by Gasteiger charge is 2.26. The monoisotopic (exact) mass is 389 g/mol. The third-order valence-corrected chi connectivity index (χ3v) is 4.95. The lowest BCUT2D eigenvalue weighted by molar-refractivity contribution is -0.384. The van der Waals surface area contributed by atoms with E-state index in [2.05, 4.69) is 20.1 Å². The van der Waals surface area contributed by atoms with Gasteiger partial charge in [-0.3, -0.25) is 19.8 Å². The van der Waals surface area contributed by atoms with Crippen LogP contribution in [0.5, 0.6) is 0 Å². The molecule has 1 saturated heterocycles. The quantitative estimate of drug-likeness (QED) is 0.624. The fourth-order valence-electron chi connectivity index (χ4n) is 3.00. The summed E-state index contributed by atoms with van der Waals surface area (Å²) in [6.07, 6.45) is 1.77. The summed E-state index contributed by atoms with van der Waals surface area (Å²) in [5.74, 6) is 0.740. The smallest absolute Gasteiger partial charge is 0.271 e. The third kappa shape index (κ3) is 4.53. The topological polar surface area (TPSA) is 91.6 Å². The number of carbonyl (C=O) groups is 1. The Bertz CT molecular complexity index is 825. The highest BCUT2D eigenvalue weighted by Crippen LogP contribution is 2.27. The second-order valence-electron chi connectivity index (χ2n) is 6.30. The van der Waals surface area contributed by atoms with Gasteiger partial charge in [-0.2, -0.15) is 0 Å². The molecule has 1 amide bonds. The van der Waals surface area contributed by atoms with Crippen molar-refractivity contribution in [2.75, 3.05) is 36.4 Å². The minimum Gasteiger partial charge on any atom is -0.354 e. The number of nitrogens with one attached hydrogen (secondary N) is 1. The first-order chi connectivity index (χ1) is 13.0. The van der Waals surface area contributed by atoms with Crippen LogP contribution in [0.2, 0.25) is 5.02 Å². The van der Waals surface area contributed by atoms with Gasteiger partial charge in [0.1, 0.15) is 5.82 Å². The first-order valence-electron chi connectivity index (χ1n) is 8.60. The van der Waals surface area contributed by atoms with Crippen molar-refractivity contribution in [1.82, 2.24) is 9.88 Å². The molecule has 3 rings (SSSR count). The van der Waals surface area contributed by atoms with Gasteiger partial charge < -0.3 is 10.2 Å². The molecule has 1 aromatic carbocycles. The van der Waals surface area contributed by atoms with Gasteiger partial charge in [0.25, 0.3) is 5.69 Å². The van der Waals surface area contributed by atoms with Crippen molar-refractivity contribution >= 4 is 34.7 Å². The second kappa shape index (κ2) is 8.32. The summed E-state index contributed by atoms with van der Waals surface area (Å²) in [5.41, 5.74) is 0.253. The summed E-state index contributed by atoms with van der Waals surface area (Å²) in [6, 6.07) is 9.47. The van der Waals surface area contributed by atoms with Crippen LogP contribution in [0, 0.1) is 10.1 Å². The number of anilines is 2. The predicted octanol–water partition coefficient (Wildman–Crippen LogP) is 2.79. The number of nitro groups is 1. The second-order valence-corrected chi connectivity index (χ2v) is 6.70. The number of halogens is 1. The van der Waals surface area contributed by atoms with Crippen LogP contribution in [0.25, 0.3) is 0 Å². The lowest BCUT2D eigenvalue weighted by atomic mass is 10.2. The number of hydrogen-bond acceptors (Lipinski definition) is 6. The number of nitrogens with zero attached hydrogens (tertiary/aromatic N) is 4. The van der Waals surface area contributed by atoms with E-state index in [0.29, 0.717) is 5.69 Å². The number of aromatic nitrogens is 1. The Kier molecular flexibility index (Phi) is 5.88. The predicted molar refractivity (Wildman–Crippen MR) is 104 cm³/mol. The Morgan fingerprint density at radius 1 is 1.26 bits per heavy atom. The molecule has 2 heterocycles. The standard InChI is InChI=1S/C18H20ClN5O3/c1-13(18(25)21-16-6-5-14(24(26)27)12-15(16)19)22-8-10-23(11-9-22)17-4-2-3-7-20-17/h2-7,12-13H,8-11H2,1H3,(H,21,25)/t13-/m1/s1. The number of hydrogen-bond donors (Lipinski definition) is 1. The molecule has 0 radical (unpaired) electrons. The zero-order valence-electron chi connectivity index (χ0n) is 14.8. The highest BCUT2D eigenvalue weighted by atomic mass is 35.5. The summed E-state index contributed by atoms with van der Waals surface area (Å²) >= 11 is 6.05. The minimum atomic E-state index is -0.527. The van der Waals surface area contributed by atoms with Crippen LogP contribution in [0.3, 0.4) is 0 Å². The molecule has 1 aliphatic heterocycles. The van der Waals surface area contributed by atoms with Crippen LogP contribution in [0.15, 0.2) is 42.6 Å². The van der Waals surface area contributed by atoms with Crippen LogP contribution in [0.1, 0.15) is 6.92 Å². The molecule has 0 aliphatic carbocycles. The molecular formula is C18H20ClN5O3. The fraction of sp³-hybridized carbons (Fsp3) is 0.333. The van der Waals surface area contributed by atoms with E-state index in [-0.39, 0.29) is 22.7 Å². The zero-order valence-corrected chi connectivity index (χ0v) is 15.6. The first-order valence-corrected chi connectivity index (χ1v) is 8.98. The number of amides is 1. The van der Waals surface area contributed by atoms with Gasteiger partial charge in [0.05, 0.1) is 21.7 Å². The SMILES string of the molecule is C[C@H](C(=O)Nc1ccc([N+](=O)[O-])cc1Cl)N1CCN(c2ccccn2)CC1. The van der Waals surface area contributed by atoms with E-state index in [1.165, 1.54) is 18.2 Å². The largest absolute Gasteiger partial charge is 0.354 e. The van der Waals surface area contributed by atoms with E-state index in [4.69, 9.17) is 11.6 Å². The summed E-state index contributed by atoms with van der Waals surface area (Å²) in [5, 5.41) is 13.7. The van der Waals surface area contributed by atoms with Crippen LogP contribution < -0.4 is 10.2 Å². The van der Waals surface area contributed by atoms with E-state index < -0.39 is 4.92 Å². The minimum absolute atomic E-state index is 0.114. The van der Waals surface area contributed by atoms with Crippen molar-refractivity contribution < 1.29 is 9.72 Å². The molecule has 0 saturated carbocycles. The number of non-ortho nitro benzene ring substituents is 1. The molecule has 1 atom stereocenters. The number of nitro benzene ring substituents is 1. The molecule has 9 heteroatoms. The normalized spacial score (nSPS) is 16.0. The Labute approximate surface area is 161 Å². The van der Waals surface area contributed by atoms with Crippen LogP contribution >= 0.6 is 11.6 Å². The summed E-state index contributed by atoms with van der Waals surface area (Å²) < 4.78 is 0. The van der Waals surface area contributed by atoms with Crippen LogP contribution in [-0.2, 0) is 4.79 Å². The molecule has 1 fully saturated rings. The molecule has 1 N–H and O–H groups in total. The van der Waals surface area contributed by atoms with Crippen molar-refractivity contribution in [2.24, 2.45) is 0 Å². The average Bonchev–Trinajstić information content (AvgIpc) is 2.69. The molecule has 8 nitrogen and oxygen atoms in total. The number of rotatable bonds is 5. The molecule has 2 aromatic rings. The van der Waals surface area contributed by atoms with Crippen molar-refractivity contribution in [1.29, 1.82) is 0 Å².